The van der Waals surface area contributed by atoms with E-state index in [1.54, 1.807) is 0 Å². The number of amides is 1. The van der Waals surface area contributed by atoms with Gasteiger partial charge >= 0.3 is 0 Å². The van der Waals surface area contributed by atoms with Crippen molar-refractivity contribution in [3.63, 3.8) is 0 Å². The second-order valence-electron chi connectivity index (χ2n) is 4.18. The largest absolute Gasteiger partial charge is 0.354 e. The van der Waals surface area contributed by atoms with Gasteiger partial charge in [0.05, 0.1) is 16.7 Å². The Labute approximate surface area is 105 Å². The van der Waals surface area contributed by atoms with Gasteiger partial charge in [0.25, 0.3) is 0 Å². The molecule has 1 rings (SSSR count). The average Bonchev–Trinajstić information content (AvgIpc) is 2.42. The molecule has 4 nitrogen and oxygen atoms in total. The molecule has 0 bridgehead atoms. The van der Waals surface area contributed by atoms with Gasteiger partial charge in [0.15, 0.2) is 0 Å². The predicted octanol–water partition coefficient (Wildman–Crippen LogP) is 2.18. The molecule has 0 aliphatic heterocycles. The second-order valence-corrected chi connectivity index (χ2v) is 4.97. The maximum absolute atomic E-state index is 11.5. The molecular formula is C11H18BrN3O. The summed E-state index contributed by atoms with van der Waals surface area (Å²) in [4.78, 5) is 11.5. The quantitative estimate of drug-likeness (QED) is 0.923. The number of halogens is 1. The number of hydrogen-bond acceptors (Lipinski definition) is 2. The van der Waals surface area contributed by atoms with Crippen LogP contribution in [-0.2, 0) is 11.3 Å². The molecule has 0 saturated heterocycles. The first kappa shape index (κ1) is 13.2. The molecule has 1 aromatic rings. The average molecular weight is 288 g/mol. The van der Waals surface area contributed by atoms with Crippen molar-refractivity contribution in [2.24, 2.45) is 0 Å². The number of rotatable bonds is 4. The molecule has 90 valence electrons. The summed E-state index contributed by atoms with van der Waals surface area (Å²) in [7, 11) is 0. The molecule has 1 amide bonds. The van der Waals surface area contributed by atoms with Gasteiger partial charge in [-0.05, 0) is 43.6 Å². The van der Waals surface area contributed by atoms with Gasteiger partial charge in [-0.1, -0.05) is 0 Å². The molecule has 16 heavy (non-hydrogen) atoms. The van der Waals surface area contributed by atoms with Crippen LogP contribution in [0.1, 0.15) is 31.7 Å². The van der Waals surface area contributed by atoms with Gasteiger partial charge in [-0.15, -0.1) is 0 Å². The lowest BCUT2D eigenvalue weighted by molar-refractivity contribution is -0.121. The number of aromatic nitrogens is 2. The van der Waals surface area contributed by atoms with E-state index in [0.717, 1.165) is 15.9 Å². The van der Waals surface area contributed by atoms with Crippen molar-refractivity contribution in [3.05, 3.63) is 15.9 Å². The third-order valence-corrected chi connectivity index (χ3v) is 3.44. The van der Waals surface area contributed by atoms with E-state index < -0.39 is 0 Å². The Morgan fingerprint density at radius 3 is 2.56 bits per heavy atom. The molecule has 1 aromatic heterocycles. The van der Waals surface area contributed by atoms with Crippen LogP contribution in [0.25, 0.3) is 0 Å². The van der Waals surface area contributed by atoms with Crippen LogP contribution in [-0.4, -0.2) is 21.7 Å². The van der Waals surface area contributed by atoms with Crippen LogP contribution >= 0.6 is 15.9 Å². The number of carbonyl (C=O) groups excluding carboxylic acids is 1. The summed E-state index contributed by atoms with van der Waals surface area (Å²) >= 11 is 3.46. The summed E-state index contributed by atoms with van der Waals surface area (Å²) in [6, 6.07) is 0.194. The Bertz CT molecular complexity index is 385. The highest BCUT2D eigenvalue weighted by atomic mass is 79.9. The lowest BCUT2D eigenvalue weighted by Gasteiger charge is -2.08. The molecule has 1 heterocycles. The minimum absolute atomic E-state index is 0.0682. The highest BCUT2D eigenvalue weighted by Gasteiger charge is 2.10. The van der Waals surface area contributed by atoms with E-state index in [1.807, 2.05) is 32.4 Å². The van der Waals surface area contributed by atoms with E-state index in [2.05, 4.69) is 26.3 Å². The van der Waals surface area contributed by atoms with Crippen molar-refractivity contribution in [2.75, 3.05) is 0 Å². The van der Waals surface area contributed by atoms with Crippen LogP contribution in [0.3, 0.4) is 0 Å². The van der Waals surface area contributed by atoms with Gasteiger partial charge < -0.3 is 5.32 Å². The van der Waals surface area contributed by atoms with Crippen LogP contribution in [0.4, 0.5) is 0 Å². The minimum atomic E-state index is 0.0682. The first-order valence-corrected chi connectivity index (χ1v) is 6.20. The van der Waals surface area contributed by atoms with Crippen molar-refractivity contribution in [2.45, 2.75) is 46.7 Å². The topological polar surface area (TPSA) is 46.9 Å². The predicted molar refractivity (Wildman–Crippen MR) is 67.3 cm³/mol. The van der Waals surface area contributed by atoms with Crippen LogP contribution < -0.4 is 5.32 Å². The molecule has 0 radical (unpaired) electrons. The molecule has 5 heteroatoms. The monoisotopic (exact) mass is 287 g/mol. The summed E-state index contributed by atoms with van der Waals surface area (Å²) in [5, 5.41) is 7.21. The fourth-order valence-electron chi connectivity index (χ4n) is 1.49. The summed E-state index contributed by atoms with van der Waals surface area (Å²) in [6.07, 6.45) is 0.465. The van der Waals surface area contributed by atoms with Crippen LogP contribution in [0.5, 0.6) is 0 Å². The van der Waals surface area contributed by atoms with E-state index in [9.17, 15) is 4.79 Å². The molecule has 0 spiro atoms. The van der Waals surface area contributed by atoms with E-state index in [0.29, 0.717) is 13.0 Å². The number of carbonyl (C=O) groups is 1. The maximum atomic E-state index is 11.5. The molecule has 0 aromatic carbocycles. The minimum Gasteiger partial charge on any atom is -0.354 e. The second kappa shape index (κ2) is 5.48. The van der Waals surface area contributed by atoms with Gasteiger partial charge in [-0.25, -0.2) is 0 Å². The fraction of sp³-hybridized carbons (Fsp3) is 0.636. The Hall–Kier alpha value is -0.840. The number of hydrogen-bond donors (Lipinski definition) is 1. The highest BCUT2D eigenvalue weighted by molar-refractivity contribution is 9.10. The van der Waals surface area contributed by atoms with E-state index in [-0.39, 0.29) is 11.9 Å². The number of aryl methyl sites for hydroxylation is 2. The summed E-state index contributed by atoms with van der Waals surface area (Å²) in [5.74, 6) is 0.0682. The van der Waals surface area contributed by atoms with Gasteiger partial charge in [0, 0.05) is 18.2 Å². The molecule has 0 aliphatic carbocycles. The third kappa shape index (κ3) is 3.33. The lowest BCUT2D eigenvalue weighted by atomic mass is 10.3. The Morgan fingerprint density at radius 2 is 2.12 bits per heavy atom. The Balaban J connectivity index is 2.55. The smallest absolute Gasteiger partial charge is 0.222 e. The van der Waals surface area contributed by atoms with Gasteiger partial charge in [0.1, 0.15) is 0 Å². The van der Waals surface area contributed by atoms with Gasteiger partial charge in [0.2, 0.25) is 5.91 Å². The van der Waals surface area contributed by atoms with Crippen molar-refractivity contribution in [1.82, 2.24) is 15.1 Å². The fourth-order valence-corrected chi connectivity index (χ4v) is 1.78. The van der Waals surface area contributed by atoms with E-state index in [4.69, 9.17) is 0 Å². The zero-order chi connectivity index (χ0) is 12.3. The highest BCUT2D eigenvalue weighted by Crippen LogP contribution is 2.19. The lowest BCUT2D eigenvalue weighted by Crippen LogP contribution is -2.30. The van der Waals surface area contributed by atoms with Crippen molar-refractivity contribution in [1.29, 1.82) is 0 Å². The molecule has 0 saturated carbocycles. The maximum Gasteiger partial charge on any atom is 0.222 e. The third-order valence-electron chi connectivity index (χ3n) is 2.29. The number of nitrogens with zero attached hydrogens (tertiary/aromatic N) is 2. The Morgan fingerprint density at radius 1 is 1.50 bits per heavy atom. The SMILES string of the molecule is Cc1nn(CCC(=O)NC(C)C)c(C)c1Br. The van der Waals surface area contributed by atoms with E-state index >= 15 is 0 Å². The molecule has 1 N–H and O–H groups in total. The van der Waals surface area contributed by atoms with Crippen LogP contribution in [0, 0.1) is 13.8 Å². The zero-order valence-electron chi connectivity index (χ0n) is 10.2. The first-order chi connectivity index (χ1) is 7.41. The van der Waals surface area contributed by atoms with Crippen LogP contribution in [0.15, 0.2) is 4.47 Å². The van der Waals surface area contributed by atoms with Crippen LogP contribution in [0.2, 0.25) is 0 Å². The summed E-state index contributed by atoms with van der Waals surface area (Å²) in [5.41, 5.74) is 2.02. The number of nitrogens with one attached hydrogen (secondary N) is 1. The van der Waals surface area contributed by atoms with Crippen molar-refractivity contribution < 1.29 is 4.79 Å². The normalized spacial score (nSPS) is 10.9. The van der Waals surface area contributed by atoms with Gasteiger partial charge in [-0.3, -0.25) is 9.48 Å². The molecule has 0 unspecified atom stereocenters. The molecule has 0 aliphatic rings. The molecule has 0 fully saturated rings. The van der Waals surface area contributed by atoms with Gasteiger partial charge in [-0.2, -0.15) is 5.10 Å². The summed E-state index contributed by atoms with van der Waals surface area (Å²) < 4.78 is 2.89. The Kier molecular flexibility index (Phi) is 4.53. The van der Waals surface area contributed by atoms with Crippen molar-refractivity contribution >= 4 is 21.8 Å². The standard InChI is InChI=1S/C11H18BrN3O/c1-7(2)13-10(16)5-6-15-9(4)11(12)8(3)14-15/h7H,5-6H2,1-4H3,(H,13,16). The summed E-state index contributed by atoms with van der Waals surface area (Å²) in [6.45, 7) is 8.47. The van der Waals surface area contributed by atoms with Crippen molar-refractivity contribution in [3.8, 4) is 0 Å². The first-order valence-electron chi connectivity index (χ1n) is 5.40. The molecule has 0 atom stereocenters. The van der Waals surface area contributed by atoms with E-state index in [1.165, 1.54) is 0 Å². The molecular weight excluding hydrogens is 270 g/mol. The zero-order valence-corrected chi connectivity index (χ0v) is 11.8.